The van der Waals surface area contributed by atoms with Crippen molar-refractivity contribution in [2.75, 3.05) is 19.4 Å². The predicted octanol–water partition coefficient (Wildman–Crippen LogP) is 2.11. The number of nitrogens with zero attached hydrogens (tertiary/aromatic N) is 1. The Kier molecular flexibility index (Phi) is 4.90. The molecule has 1 aromatic heterocycles. The Hall–Kier alpha value is -2.67. The predicted molar refractivity (Wildman–Crippen MR) is 86.9 cm³/mol. The summed E-state index contributed by atoms with van der Waals surface area (Å²) in [5.74, 6) is -0.391. The van der Waals surface area contributed by atoms with Gasteiger partial charge in [0.15, 0.2) is 10.9 Å². The second kappa shape index (κ2) is 6.86. The molecule has 7 heteroatoms. The average Bonchev–Trinajstić information content (AvgIpc) is 3.00. The molecule has 1 heterocycles. The lowest BCUT2D eigenvalue weighted by molar-refractivity contribution is 0.0827. The highest BCUT2D eigenvalue weighted by Crippen LogP contribution is 2.12. The number of furan rings is 1. The molecule has 6 nitrogen and oxygen atoms in total. The zero-order valence-electron chi connectivity index (χ0n) is 12.1. The number of nitrogens with one attached hydrogen (secondary N) is 2. The van der Waals surface area contributed by atoms with Crippen molar-refractivity contribution in [1.82, 2.24) is 10.2 Å². The van der Waals surface area contributed by atoms with Crippen molar-refractivity contribution in [1.29, 1.82) is 0 Å². The average molecular weight is 317 g/mol. The Labute approximate surface area is 133 Å². The lowest BCUT2D eigenvalue weighted by Crippen LogP contribution is -2.34. The molecule has 0 bridgehead atoms. The van der Waals surface area contributed by atoms with Crippen molar-refractivity contribution in [3.8, 4) is 0 Å². The van der Waals surface area contributed by atoms with E-state index in [1.165, 1.54) is 17.2 Å². The van der Waals surface area contributed by atoms with Gasteiger partial charge < -0.3 is 14.6 Å². The minimum absolute atomic E-state index is 0.116. The van der Waals surface area contributed by atoms with Crippen LogP contribution in [-0.2, 0) is 0 Å². The molecule has 0 saturated heterocycles. The Morgan fingerprint density at radius 1 is 1.18 bits per heavy atom. The monoisotopic (exact) mass is 317 g/mol. The van der Waals surface area contributed by atoms with Crippen LogP contribution in [0.5, 0.6) is 0 Å². The standard InChI is InChI=1S/C15H15N3O3S/c1-18(2)14(20)10-5-3-6-11(9-10)16-15(22)17-13(19)12-7-4-8-21-12/h3-9H,1-2H3,(H2,16,17,19,22). The number of hydrogen-bond acceptors (Lipinski definition) is 4. The molecule has 2 rings (SSSR count). The van der Waals surface area contributed by atoms with Crippen LogP contribution in [0.3, 0.4) is 0 Å². The van der Waals surface area contributed by atoms with E-state index in [1.54, 1.807) is 44.4 Å². The Bertz CT molecular complexity index is 696. The summed E-state index contributed by atoms with van der Waals surface area (Å²) in [7, 11) is 3.35. The molecule has 2 aromatic rings. The normalized spacial score (nSPS) is 9.91. The summed E-state index contributed by atoms with van der Waals surface area (Å²) in [6, 6.07) is 10.00. The van der Waals surface area contributed by atoms with Crippen molar-refractivity contribution in [2.24, 2.45) is 0 Å². The van der Waals surface area contributed by atoms with Gasteiger partial charge >= 0.3 is 0 Å². The second-order valence-corrected chi connectivity index (χ2v) is 5.07. The molecule has 0 radical (unpaired) electrons. The molecule has 0 aliphatic heterocycles. The Balaban J connectivity index is 2.01. The molecule has 0 aliphatic carbocycles. The lowest BCUT2D eigenvalue weighted by Gasteiger charge is -2.12. The van der Waals surface area contributed by atoms with Gasteiger partial charge in [0.2, 0.25) is 0 Å². The molecular weight excluding hydrogens is 302 g/mol. The maximum atomic E-state index is 11.9. The summed E-state index contributed by atoms with van der Waals surface area (Å²) < 4.78 is 4.97. The zero-order chi connectivity index (χ0) is 16.1. The van der Waals surface area contributed by atoms with Crippen LogP contribution in [0.2, 0.25) is 0 Å². The van der Waals surface area contributed by atoms with Gasteiger partial charge in [-0.2, -0.15) is 0 Å². The molecule has 22 heavy (non-hydrogen) atoms. The first-order chi connectivity index (χ1) is 10.5. The molecule has 0 atom stereocenters. The zero-order valence-corrected chi connectivity index (χ0v) is 12.9. The van der Waals surface area contributed by atoms with Gasteiger partial charge in [0.05, 0.1) is 6.26 Å². The number of carbonyl (C=O) groups is 2. The Morgan fingerprint density at radius 3 is 2.59 bits per heavy atom. The van der Waals surface area contributed by atoms with Crippen molar-refractivity contribution >= 4 is 34.8 Å². The smallest absolute Gasteiger partial charge is 0.293 e. The third kappa shape index (κ3) is 3.92. The molecule has 2 amide bonds. The summed E-state index contributed by atoms with van der Waals surface area (Å²) in [5, 5.41) is 5.47. The SMILES string of the molecule is CN(C)C(=O)c1cccc(NC(=S)NC(=O)c2ccco2)c1. The molecule has 0 spiro atoms. The van der Waals surface area contributed by atoms with E-state index >= 15 is 0 Å². The number of hydrogen-bond donors (Lipinski definition) is 2. The lowest BCUT2D eigenvalue weighted by atomic mass is 10.2. The van der Waals surface area contributed by atoms with E-state index in [2.05, 4.69) is 10.6 Å². The van der Waals surface area contributed by atoms with Crippen LogP contribution in [0, 0.1) is 0 Å². The van der Waals surface area contributed by atoms with E-state index in [9.17, 15) is 9.59 Å². The summed E-state index contributed by atoms with van der Waals surface area (Å²) in [6.07, 6.45) is 1.40. The molecule has 0 aliphatic rings. The van der Waals surface area contributed by atoms with Crippen molar-refractivity contribution in [2.45, 2.75) is 0 Å². The molecule has 2 N–H and O–H groups in total. The van der Waals surface area contributed by atoms with Gasteiger partial charge in [0, 0.05) is 25.3 Å². The number of amides is 2. The molecule has 0 saturated carbocycles. The summed E-state index contributed by atoms with van der Waals surface area (Å²) >= 11 is 5.07. The number of anilines is 1. The van der Waals surface area contributed by atoms with Crippen LogP contribution in [0.1, 0.15) is 20.9 Å². The first-order valence-electron chi connectivity index (χ1n) is 6.45. The van der Waals surface area contributed by atoms with E-state index in [0.717, 1.165) is 0 Å². The maximum Gasteiger partial charge on any atom is 0.293 e. The first-order valence-corrected chi connectivity index (χ1v) is 6.86. The van der Waals surface area contributed by atoms with Crippen LogP contribution in [0.25, 0.3) is 0 Å². The summed E-state index contributed by atoms with van der Waals surface area (Å²) in [6.45, 7) is 0. The Morgan fingerprint density at radius 2 is 1.95 bits per heavy atom. The second-order valence-electron chi connectivity index (χ2n) is 4.67. The highest BCUT2D eigenvalue weighted by atomic mass is 32.1. The van der Waals surface area contributed by atoms with Crippen LogP contribution < -0.4 is 10.6 Å². The van der Waals surface area contributed by atoms with Crippen molar-refractivity contribution < 1.29 is 14.0 Å². The van der Waals surface area contributed by atoms with Crippen LogP contribution in [0.15, 0.2) is 47.1 Å². The fourth-order valence-electron chi connectivity index (χ4n) is 1.72. The largest absolute Gasteiger partial charge is 0.459 e. The van der Waals surface area contributed by atoms with E-state index in [0.29, 0.717) is 11.3 Å². The molecule has 0 unspecified atom stereocenters. The van der Waals surface area contributed by atoms with Gasteiger partial charge in [0.25, 0.3) is 11.8 Å². The first kappa shape index (κ1) is 15.7. The van der Waals surface area contributed by atoms with Crippen LogP contribution in [-0.4, -0.2) is 35.9 Å². The summed E-state index contributed by atoms with van der Waals surface area (Å²) in [4.78, 5) is 25.2. The molecule has 0 fully saturated rings. The highest BCUT2D eigenvalue weighted by Gasteiger charge is 2.12. The van der Waals surface area contributed by atoms with Gasteiger partial charge in [-0.25, -0.2) is 0 Å². The topological polar surface area (TPSA) is 74.6 Å². The molecule has 114 valence electrons. The minimum atomic E-state index is -0.442. The number of benzene rings is 1. The minimum Gasteiger partial charge on any atom is -0.459 e. The van der Waals surface area contributed by atoms with Gasteiger partial charge in [-0.3, -0.25) is 14.9 Å². The third-order valence-corrected chi connectivity index (χ3v) is 2.95. The van der Waals surface area contributed by atoms with E-state index in [4.69, 9.17) is 16.6 Å². The van der Waals surface area contributed by atoms with Crippen LogP contribution in [0.4, 0.5) is 5.69 Å². The number of carbonyl (C=O) groups excluding carboxylic acids is 2. The van der Waals surface area contributed by atoms with Crippen molar-refractivity contribution in [3.63, 3.8) is 0 Å². The molecule has 1 aromatic carbocycles. The fourth-order valence-corrected chi connectivity index (χ4v) is 1.93. The van der Waals surface area contributed by atoms with Gasteiger partial charge in [-0.05, 0) is 42.5 Å². The van der Waals surface area contributed by atoms with E-state index in [1.807, 2.05) is 0 Å². The van der Waals surface area contributed by atoms with Crippen molar-refractivity contribution in [3.05, 3.63) is 54.0 Å². The maximum absolute atomic E-state index is 11.9. The fraction of sp³-hybridized carbons (Fsp3) is 0.133. The quantitative estimate of drug-likeness (QED) is 0.848. The third-order valence-electron chi connectivity index (χ3n) is 2.75. The number of thiocarbonyl (C=S) groups is 1. The molecular formula is C15H15N3O3S. The summed E-state index contributed by atoms with van der Waals surface area (Å²) in [5.41, 5.74) is 1.13. The highest BCUT2D eigenvalue weighted by molar-refractivity contribution is 7.80. The van der Waals surface area contributed by atoms with E-state index in [-0.39, 0.29) is 16.8 Å². The van der Waals surface area contributed by atoms with Gasteiger partial charge in [0.1, 0.15) is 0 Å². The van der Waals surface area contributed by atoms with Crippen LogP contribution >= 0.6 is 12.2 Å². The van der Waals surface area contributed by atoms with Gasteiger partial charge in [-0.15, -0.1) is 0 Å². The van der Waals surface area contributed by atoms with Gasteiger partial charge in [-0.1, -0.05) is 6.07 Å². The van der Waals surface area contributed by atoms with E-state index < -0.39 is 5.91 Å². The number of rotatable bonds is 3.